The Morgan fingerprint density at radius 3 is 2.56 bits per heavy atom. The number of unbranched alkanes of at least 4 members (excludes halogenated alkanes) is 1. The summed E-state index contributed by atoms with van der Waals surface area (Å²) >= 11 is 0. The minimum absolute atomic E-state index is 0.172. The van der Waals surface area contributed by atoms with Crippen LogP contribution in [0.25, 0.3) is 0 Å². The van der Waals surface area contributed by atoms with Crippen molar-refractivity contribution in [2.24, 2.45) is 0 Å². The van der Waals surface area contributed by atoms with E-state index in [-0.39, 0.29) is 6.54 Å². The minimum atomic E-state index is -3.50. The summed E-state index contributed by atoms with van der Waals surface area (Å²) in [6.07, 6.45) is 4.32. The van der Waals surface area contributed by atoms with Crippen LogP contribution in [0.2, 0.25) is 0 Å². The van der Waals surface area contributed by atoms with Crippen molar-refractivity contribution in [2.75, 3.05) is 26.3 Å². The molecule has 0 aromatic rings. The maximum atomic E-state index is 11.5. The standard InChI is InChI=1S/C10H24N3O3PS/c1-4-5-6-10(2)9-13-18(15,16)12-7-8-17(14)11-3/h6,12-13,17H,4-5,7-9H2,1-3H3,(H,11,14)/b10-6+. The molecule has 0 saturated carbocycles. The Morgan fingerprint density at radius 1 is 1.33 bits per heavy atom. The summed E-state index contributed by atoms with van der Waals surface area (Å²) in [7, 11) is -3.76. The van der Waals surface area contributed by atoms with Gasteiger partial charge in [-0.15, -0.1) is 0 Å². The summed E-state index contributed by atoms with van der Waals surface area (Å²) < 4.78 is 38.9. The molecule has 0 amide bonds. The Balaban J connectivity index is 3.97. The second-order valence-corrected chi connectivity index (χ2v) is 7.41. The number of hydrogen-bond acceptors (Lipinski definition) is 3. The molecule has 0 fully saturated rings. The molecule has 1 unspecified atom stereocenters. The molecule has 3 N–H and O–H groups in total. The fraction of sp³-hybridized carbons (Fsp3) is 0.800. The van der Waals surface area contributed by atoms with E-state index in [1.54, 1.807) is 7.05 Å². The van der Waals surface area contributed by atoms with E-state index in [0.717, 1.165) is 18.4 Å². The molecule has 8 heteroatoms. The highest BCUT2D eigenvalue weighted by molar-refractivity contribution is 7.87. The summed E-state index contributed by atoms with van der Waals surface area (Å²) in [5.41, 5.74) is 0.992. The van der Waals surface area contributed by atoms with E-state index in [0.29, 0.717) is 12.7 Å². The molecule has 0 saturated heterocycles. The van der Waals surface area contributed by atoms with E-state index >= 15 is 0 Å². The first-order valence-corrected chi connectivity index (χ1v) is 9.11. The van der Waals surface area contributed by atoms with Crippen LogP contribution in [0.3, 0.4) is 0 Å². The van der Waals surface area contributed by atoms with Gasteiger partial charge in [-0.3, -0.25) is 5.09 Å². The molecule has 0 radical (unpaired) electrons. The fourth-order valence-electron chi connectivity index (χ4n) is 1.15. The second kappa shape index (κ2) is 9.69. The number of rotatable bonds is 10. The van der Waals surface area contributed by atoms with Gasteiger partial charge >= 0.3 is 0 Å². The van der Waals surface area contributed by atoms with Gasteiger partial charge in [-0.05, 0) is 20.4 Å². The van der Waals surface area contributed by atoms with E-state index in [4.69, 9.17) is 0 Å². The van der Waals surface area contributed by atoms with Gasteiger partial charge < -0.3 is 4.57 Å². The van der Waals surface area contributed by atoms with Gasteiger partial charge in [0.2, 0.25) is 0 Å². The largest absolute Gasteiger partial charge is 0.310 e. The molecule has 0 heterocycles. The van der Waals surface area contributed by atoms with Crippen molar-refractivity contribution in [3.05, 3.63) is 11.6 Å². The Hall–Kier alpha value is -0.200. The van der Waals surface area contributed by atoms with Crippen LogP contribution >= 0.6 is 7.95 Å². The quantitative estimate of drug-likeness (QED) is 0.412. The molecule has 0 aliphatic heterocycles. The van der Waals surface area contributed by atoms with E-state index in [1.807, 2.05) is 13.0 Å². The number of allylic oxidation sites excluding steroid dienone is 1. The van der Waals surface area contributed by atoms with Crippen molar-refractivity contribution in [3.8, 4) is 0 Å². The SMILES string of the molecule is CCC/C=C(\C)CNS(=O)(=O)NCC[PH](=O)NC. The zero-order valence-electron chi connectivity index (χ0n) is 11.2. The van der Waals surface area contributed by atoms with Gasteiger partial charge in [0.25, 0.3) is 10.2 Å². The molecule has 1 atom stereocenters. The van der Waals surface area contributed by atoms with Crippen molar-refractivity contribution in [3.63, 3.8) is 0 Å². The Kier molecular flexibility index (Phi) is 9.59. The first kappa shape index (κ1) is 17.8. The molecule has 0 spiro atoms. The maximum Gasteiger partial charge on any atom is 0.277 e. The molecule has 0 aromatic carbocycles. The average Bonchev–Trinajstić information content (AvgIpc) is 2.33. The van der Waals surface area contributed by atoms with Crippen LogP contribution in [-0.2, 0) is 14.8 Å². The van der Waals surface area contributed by atoms with E-state index < -0.39 is 18.2 Å². The molecule has 108 valence electrons. The molecule has 0 aliphatic rings. The molecule has 0 aromatic heterocycles. The molecule has 18 heavy (non-hydrogen) atoms. The van der Waals surface area contributed by atoms with Crippen LogP contribution in [0, 0.1) is 0 Å². The lowest BCUT2D eigenvalue weighted by Gasteiger charge is -2.08. The Morgan fingerprint density at radius 2 is 2.00 bits per heavy atom. The van der Waals surface area contributed by atoms with Gasteiger partial charge in [0.05, 0.1) is 0 Å². The monoisotopic (exact) mass is 297 g/mol. The third-order valence-corrected chi connectivity index (χ3v) is 4.62. The van der Waals surface area contributed by atoms with Crippen LogP contribution in [0.1, 0.15) is 26.7 Å². The summed E-state index contributed by atoms with van der Waals surface area (Å²) in [5, 5.41) is 2.61. The third kappa shape index (κ3) is 9.79. The Bertz CT molecular complexity index is 382. The lowest BCUT2D eigenvalue weighted by atomic mass is 10.2. The molecule has 0 rings (SSSR count). The highest BCUT2D eigenvalue weighted by Gasteiger charge is 2.08. The zero-order valence-corrected chi connectivity index (χ0v) is 13.1. The molecule has 6 nitrogen and oxygen atoms in total. The van der Waals surface area contributed by atoms with Gasteiger partial charge in [-0.1, -0.05) is 25.0 Å². The Labute approximate surface area is 111 Å². The third-order valence-electron chi connectivity index (χ3n) is 2.25. The summed E-state index contributed by atoms with van der Waals surface area (Å²) in [5.74, 6) is 0. The minimum Gasteiger partial charge on any atom is -0.310 e. The van der Waals surface area contributed by atoms with E-state index in [1.165, 1.54) is 0 Å². The van der Waals surface area contributed by atoms with Crippen LogP contribution in [-0.4, -0.2) is 34.7 Å². The van der Waals surface area contributed by atoms with Crippen molar-refractivity contribution in [1.82, 2.24) is 14.5 Å². The predicted octanol–water partition coefficient (Wildman–Crippen LogP) is 0.851. The van der Waals surface area contributed by atoms with Gasteiger partial charge in [-0.25, -0.2) is 4.72 Å². The maximum absolute atomic E-state index is 11.5. The van der Waals surface area contributed by atoms with Crippen LogP contribution in [0.5, 0.6) is 0 Å². The second-order valence-electron chi connectivity index (χ2n) is 3.98. The van der Waals surface area contributed by atoms with Gasteiger partial charge in [0, 0.05) is 19.3 Å². The van der Waals surface area contributed by atoms with E-state index in [2.05, 4.69) is 21.5 Å². The lowest BCUT2D eigenvalue weighted by Crippen LogP contribution is -2.38. The number of nitrogens with one attached hydrogen (secondary N) is 3. The lowest BCUT2D eigenvalue weighted by molar-refractivity contribution is 0.569. The topological polar surface area (TPSA) is 87.3 Å². The fourth-order valence-corrected chi connectivity index (χ4v) is 2.82. The number of hydrogen-bond donors (Lipinski definition) is 3. The van der Waals surface area contributed by atoms with E-state index in [9.17, 15) is 13.0 Å². The summed E-state index contributed by atoms with van der Waals surface area (Å²) in [4.78, 5) is 0. The smallest absolute Gasteiger partial charge is 0.277 e. The summed E-state index contributed by atoms with van der Waals surface area (Å²) in [6, 6.07) is 0. The first-order valence-electron chi connectivity index (χ1n) is 6.01. The van der Waals surface area contributed by atoms with Crippen LogP contribution < -0.4 is 14.5 Å². The molecular weight excluding hydrogens is 273 g/mol. The summed E-state index contributed by atoms with van der Waals surface area (Å²) in [6.45, 7) is 4.43. The van der Waals surface area contributed by atoms with Crippen LogP contribution in [0.4, 0.5) is 0 Å². The first-order chi connectivity index (χ1) is 8.41. The average molecular weight is 297 g/mol. The predicted molar refractivity (Wildman–Crippen MR) is 76.5 cm³/mol. The van der Waals surface area contributed by atoms with Crippen molar-refractivity contribution >= 4 is 18.2 Å². The normalized spacial score (nSPS) is 14.7. The van der Waals surface area contributed by atoms with Crippen molar-refractivity contribution in [2.45, 2.75) is 26.7 Å². The highest BCUT2D eigenvalue weighted by Crippen LogP contribution is 2.09. The highest BCUT2D eigenvalue weighted by atomic mass is 32.2. The molecular formula is C10H24N3O3PS. The van der Waals surface area contributed by atoms with Gasteiger partial charge in [0.1, 0.15) is 7.95 Å². The van der Waals surface area contributed by atoms with Crippen molar-refractivity contribution < 1.29 is 13.0 Å². The van der Waals surface area contributed by atoms with Crippen LogP contribution in [0.15, 0.2) is 11.6 Å². The zero-order chi connectivity index (χ0) is 14.0. The molecule has 0 bridgehead atoms. The van der Waals surface area contributed by atoms with Gasteiger partial charge in [-0.2, -0.15) is 13.1 Å². The van der Waals surface area contributed by atoms with Crippen molar-refractivity contribution in [1.29, 1.82) is 0 Å². The molecule has 0 aliphatic carbocycles. The van der Waals surface area contributed by atoms with Gasteiger partial charge in [0.15, 0.2) is 0 Å².